The van der Waals surface area contributed by atoms with Crippen molar-refractivity contribution < 1.29 is 23.5 Å². The van der Waals surface area contributed by atoms with Gasteiger partial charge in [-0.2, -0.15) is 4.98 Å². The van der Waals surface area contributed by atoms with Crippen molar-refractivity contribution in [1.29, 1.82) is 0 Å². The van der Waals surface area contributed by atoms with Crippen molar-refractivity contribution in [3.05, 3.63) is 53.1 Å². The van der Waals surface area contributed by atoms with Gasteiger partial charge in [-0.3, -0.25) is 9.59 Å². The Hall–Kier alpha value is -3.55. The maximum Gasteiger partial charge on any atom is 0.307 e. The van der Waals surface area contributed by atoms with Crippen molar-refractivity contribution in [3.63, 3.8) is 0 Å². The Morgan fingerprint density at radius 2 is 2.00 bits per heavy atom. The second kappa shape index (κ2) is 10.8. The molecule has 0 aliphatic carbocycles. The number of nitrogens with one attached hydrogen (secondary N) is 1. The fourth-order valence-corrected chi connectivity index (χ4v) is 3.56. The van der Waals surface area contributed by atoms with Gasteiger partial charge in [0.25, 0.3) is 11.9 Å². The molecule has 1 heterocycles. The van der Waals surface area contributed by atoms with Crippen molar-refractivity contribution in [2.24, 2.45) is 0 Å². The van der Waals surface area contributed by atoms with Gasteiger partial charge in [0.15, 0.2) is 11.3 Å². The van der Waals surface area contributed by atoms with Crippen LogP contribution in [0, 0.1) is 6.92 Å². The second-order valence-corrected chi connectivity index (χ2v) is 8.04. The van der Waals surface area contributed by atoms with E-state index in [-0.39, 0.29) is 30.9 Å². The van der Waals surface area contributed by atoms with Gasteiger partial charge >= 0.3 is 5.97 Å². The zero-order valence-electron chi connectivity index (χ0n) is 19.8. The van der Waals surface area contributed by atoms with E-state index in [9.17, 15) is 9.59 Å². The van der Waals surface area contributed by atoms with Gasteiger partial charge in [-0.1, -0.05) is 29.8 Å². The number of ether oxygens (including phenoxy) is 2. The van der Waals surface area contributed by atoms with E-state index in [2.05, 4.69) is 16.4 Å². The van der Waals surface area contributed by atoms with Crippen molar-refractivity contribution in [2.45, 2.75) is 46.7 Å². The number of oxazole rings is 1. The highest BCUT2D eigenvalue weighted by Gasteiger charge is 2.23. The molecule has 1 aromatic heterocycles. The standard InChI is InChI=1S/C25H31N3O5/c1-6-32-22(29)10-11-28(16(2)3)24(30)19-13-20-23(21(14-19)31-5)33-25(27-20)26-15-18-9-7-8-17(4)12-18/h7-9,12-14,16H,6,10-11,15H2,1-5H3,(H,26,27). The predicted octanol–water partition coefficient (Wildman–Crippen LogP) is 4.56. The Morgan fingerprint density at radius 3 is 2.67 bits per heavy atom. The first-order valence-corrected chi connectivity index (χ1v) is 11.1. The number of carbonyl (C=O) groups is 2. The summed E-state index contributed by atoms with van der Waals surface area (Å²) in [7, 11) is 1.52. The minimum absolute atomic E-state index is 0.0996. The molecule has 0 spiro atoms. The number of nitrogens with zero attached hydrogens (tertiary/aromatic N) is 2. The van der Waals surface area contributed by atoms with E-state index < -0.39 is 0 Å². The summed E-state index contributed by atoms with van der Waals surface area (Å²) >= 11 is 0. The van der Waals surface area contributed by atoms with E-state index >= 15 is 0 Å². The van der Waals surface area contributed by atoms with Crippen LogP contribution in [-0.2, 0) is 16.1 Å². The number of carbonyl (C=O) groups excluding carboxylic acids is 2. The molecule has 0 fully saturated rings. The Bertz CT molecular complexity index is 1120. The van der Waals surface area contributed by atoms with Crippen LogP contribution >= 0.6 is 0 Å². The second-order valence-electron chi connectivity index (χ2n) is 8.04. The van der Waals surface area contributed by atoms with E-state index in [4.69, 9.17) is 13.9 Å². The van der Waals surface area contributed by atoms with Gasteiger partial charge in [-0.15, -0.1) is 0 Å². The van der Waals surface area contributed by atoms with E-state index in [1.165, 1.54) is 12.7 Å². The molecule has 0 radical (unpaired) electrons. The molecule has 3 rings (SSSR count). The van der Waals surface area contributed by atoms with Gasteiger partial charge in [-0.05, 0) is 45.4 Å². The topological polar surface area (TPSA) is 93.9 Å². The van der Waals surface area contributed by atoms with Crippen LogP contribution in [0.15, 0.2) is 40.8 Å². The molecule has 33 heavy (non-hydrogen) atoms. The van der Waals surface area contributed by atoms with Crippen molar-refractivity contribution in [3.8, 4) is 5.75 Å². The molecule has 0 atom stereocenters. The minimum atomic E-state index is -0.329. The third kappa shape index (κ3) is 6.03. The SMILES string of the molecule is CCOC(=O)CCN(C(=O)c1cc(OC)c2oc(NCc3cccc(C)c3)nc2c1)C(C)C. The Balaban J connectivity index is 1.82. The van der Waals surface area contributed by atoms with E-state index in [0.717, 1.165) is 5.56 Å². The Labute approximate surface area is 193 Å². The average Bonchev–Trinajstić information content (AvgIpc) is 3.20. The van der Waals surface area contributed by atoms with Crippen molar-refractivity contribution in [2.75, 3.05) is 25.6 Å². The zero-order chi connectivity index (χ0) is 24.0. The van der Waals surface area contributed by atoms with Gasteiger partial charge in [0, 0.05) is 24.7 Å². The normalized spacial score (nSPS) is 11.0. The summed E-state index contributed by atoms with van der Waals surface area (Å²) in [5, 5.41) is 3.18. The number of hydrogen-bond donors (Lipinski definition) is 1. The number of aromatic nitrogens is 1. The quantitative estimate of drug-likeness (QED) is 0.450. The summed E-state index contributed by atoms with van der Waals surface area (Å²) in [6.07, 6.45) is 0.133. The first kappa shape index (κ1) is 24.1. The number of fused-ring (bicyclic) bond motifs is 1. The molecule has 0 saturated heterocycles. The third-order valence-electron chi connectivity index (χ3n) is 5.20. The van der Waals surface area contributed by atoms with Crippen molar-refractivity contribution in [1.82, 2.24) is 9.88 Å². The highest BCUT2D eigenvalue weighted by atomic mass is 16.5. The highest BCUT2D eigenvalue weighted by Crippen LogP contribution is 2.31. The number of aryl methyl sites for hydroxylation is 1. The summed E-state index contributed by atoms with van der Waals surface area (Å²) in [4.78, 5) is 31.2. The van der Waals surface area contributed by atoms with Crippen LogP contribution in [0.5, 0.6) is 5.75 Å². The fraction of sp³-hybridized carbons (Fsp3) is 0.400. The van der Waals surface area contributed by atoms with Crippen LogP contribution in [0.2, 0.25) is 0 Å². The van der Waals surface area contributed by atoms with Crippen molar-refractivity contribution >= 4 is 29.0 Å². The van der Waals surface area contributed by atoms with E-state index in [0.29, 0.717) is 41.6 Å². The lowest BCUT2D eigenvalue weighted by Crippen LogP contribution is -2.38. The molecule has 0 bridgehead atoms. The fourth-order valence-electron chi connectivity index (χ4n) is 3.56. The van der Waals surface area contributed by atoms with Gasteiger partial charge in [-0.25, -0.2) is 0 Å². The van der Waals surface area contributed by atoms with Gasteiger partial charge in [0.1, 0.15) is 5.52 Å². The van der Waals surface area contributed by atoms with Crippen LogP contribution in [0.1, 0.15) is 48.7 Å². The molecule has 1 N–H and O–H groups in total. The summed E-state index contributed by atoms with van der Waals surface area (Å²) in [6, 6.07) is 11.7. The smallest absolute Gasteiger partial charge is 0.307 e. The van der Waals surface area contributed by atoms with Gasteiger partial charge in [0.2, 0.25) is 0 Å². The summed E-state index contributed by atoms with van der Waals surface area (Å²) < 4.78 is 16.3. The molecular weight excluding hydrogens is 422 g/mol. The molecule has 8 nitrogen and oxygen atoms in total. The summed E-state index contributed by atoms with van der Waals surface area (Å²) in [5.41, 5.74) is 3.67. The first-order valence-electron chi connectivity index (χ1n) is 11.1. The number of hydrogen-bond acceptors (Lipinski definition) is 7. The van der Waals surface area contributed by atoms with Crippen LogP contribution in [0.4, 0.5) is 6.01 Å². The van der Waals surface area contributed by atoms with Gasteiger partial charge < -0.3 is 24.1 Å². The zero-order valence-corrected chi connectivity index (χ0v) is 19.8. The lowest BCUT2D eigenvalue weighted by Gasteiger charge is -2.26. The number of benzene rings is 2. The molecule has 2 aromatic carbocycles. The number of rotatable bonds is 10. The largest absolute Gasteiger partial charge is 0.493 e. The van der Waals surface area contributed by atoms with Crippen LogP contribution in [-0.4, -0.2) is 48.1 Å². The molecule has 0 aliphatic heterocycles. The molecule has 0 aliphatic rings. The number of anilines is 1. The molecule has 176 valence electrons. The van der Waals surface area contributed by atoms with E-state index in [1.807, 2.05) is 39.0 Å². The predicted molar refractivity (Wildman–Crippen MR) is 126 cm³/mol. The molecular formula is C25H31N3O5. The highest BCUT2D eigenvalue weighted by molar-refractivity contribution is 5.99. The monoisotopic (exact) mass is 453 g/mol. The first-order chi connectivity index (χ1) is 15.8. The summed E-state index contributed by atoms with van der Waals surface area (Å²) in [5.74, 6) is -0.127. The van der Waals surface area contributed by atoms with Crippen LogP contribution < -0.4 is 10.1 Å². The number of methoxy groups -OCH3 is 1. The maximum absolute atomic E-state index is 13.3. The van der Waals surface area contributed by atoms with Gasteiger partial charge in [0.05, 0.1) is 20.1 Å². The maximum atomic E-state index is 13.3. The number of esters is 1. The summed E-state index contributed by atoms with van der Waals surface area (Å²) in [6.45, 7) is 8.74. The Morgan fingerprint density at radius 1 is 1.21 bits per heavy atom. The van der Waals surface area contributed by atoms with E-state index in [1.54, 1.807) is 24.0 Å². The minimum Gasteiger partial charge on any atom is -0.493 e. The lowest BCUT2D eigenvalue weighted by molar-refractivity contribution is -0.143. The lowest BCUT2D eigenvalue weighted by atomic mass is 10.1. The molecule has 0 saturated carbocycles. The number of amides is 1. The average molecular weight is 454 g/mol. The van der Waals surface area contributed by atoms with Crippen LogP contribution in [0.3, 0.4) is 0 Å². The molecule has 3 aromatic rings. The molecule has 0 unspecified atom stereocenters. The third-order valence-corrected chi connectivity index (χ3v) is 5.20. The molecule has 8 heteroatoms. The Kier molecular flexibility index (Phi) is 7.92. The van der Waals surface area contributed by atoms with Crippen LogP contribution in [0.25, 0.3) is 11.1 Å². The molecule has 1 amide bonds.